The largest absolute Gasteiger partial charge is 0.481 e. The van der Waals surface area contributed by atoms with Gasteiger partial charge in [-0.15, -0.1) is 0 Å². The van der Waals surface area contributed by atoms with Crippen LogP contribution in [0.1, 0.15) is 20.3 Å². The third kappa shape index (κ3) is 2.96. The van der Waals surface area contributed by atoms with Gasteiger partial charge in [0.15, 0.2) is 0 Å². The Bertz CT molecular complexity index is 193. The van der Waals surface area contributed by atoms with E-state index in [1.807, 2.05) is 0 Å². The van der Waals surface area contributed by atoms with Crippen LogP contribution in [0.25, 0.3) is 0 Å². The van der Waals surface area contributed by atoms with Crippen LogP contribution in [0.3, 0.4) is 0 Å². The van der Waals surface area contributed by atoms with E-state index in [0.717, 1.165) is 26.1 Å². The first kappa shape index (κ1) is 11.5. The van der Waals surface area contributed by atoms with E-state index in [9.17, 15) is 4.79 Å². The summed E-state index contributed by atoms with van der Waals surface area (Å²) in [7, 11) is 0. The summed E-state index contributed by atoms with van der Waals surface area (Å²) in [6.07, 6.45) is 1.09. The van der Waals surface area contributed by atoms with Gasteiger partial charge in [-0.1, -0.05) is 13.8 Å². The second kappa shape index (κ2) is 5.32. The average molecular weight is 200 g/mol. The molecular weight excluding hydrogens is 180 g/mol. The summed E-state index contributed by atoms with van der Waals surface area (Å²) >= 11 is 0. The molecule has 1 aliphatic heterocycles. The molecule has 0 aromatic carbocycles. The zero-order valence-electron chi connectivity index (χ0n) is 8.99. The molecule has 0 aliphatic carbocycles. The van der Waals surface area contributed by atoms with Crippen molar-refractivity contribution < 1.29 is 9.90 Å². The van der Waals surface area contributed by atoms with Gasteiger partial charge in [0, 0.05) is 25.7 Å². The molecule has 1 unspecified atom stereocenters. The molecule has 0 aromatic heterocycles. The number of hydrogen-bond donors (Lipinski definition) is 2. The van der Waals surface area contributed by atoms with Gasteiger partial charge < -0.3 is 10.4 Å². The summed E-state index contributed by atoms with van der Waals surface area (Å²) < 4.78 is 0. The van der Waals surface area contributed by atoms with Crippen molar-refractivity contribution in [2.45, 2.75) is 26.3 Å². The van der Waals surface area contributed by atoms with E-state index in [2.05, 4.69) is 17.1 Å². The number of nitrogens with one attached hydrogen (secondary N) is 1. The molecule has 1 aliphatic rings. The van der Waals surface area contributed by atoms with Crippen molar-refractivity contribution in [2.24, 2.45) is 5.92 Å². The molecule has 1 saturated heterocycles. The maximum atomic E-state index is 10.7. The fourth-order valence-corrected chi connectivity index (χ4v) is 1.67. The van der Waals surface area contributed by atoms with Crippen LogP contribution in [-0.4, -0.2) is 48.2 Å². The zero-order chi connectivity index (χ0) is 10.6. The highest BCUT2D eigenvalue weighted by molar-refractivity contribution is 5.69. The Kier molecular flexibility index (Phi) is 4.35. The Morgan fingerprint density at radius 3 is 2.64 bits per heavy atom. The molecule has 4 heteroatoms. The predicted molar refractivity (Wildman–Crippen MR) is 55.3 cm³/mol. The molecule has 0 radical (unpaired) electrons. The van der Waals surface area contributed by atoms with Gasteiger partial charge in [0.2, 0.25) is 0 Å². The molecule has 0 spiro atoms. The minimum Gasteiger partial charge on any atom is -0.481 e. The average Bonchev–Trinajstić information content (AvgIpc) is 2.01. The summed E-state index contributed by atoms with van der Waals surface area (Å²) in [5.41, 5.74) is 0. The molecule has 2 N–H and O–H groups in total. The van der Waals surface area contributed by atoms with Crippen molar-refractivity contribution in [1.82, 2.24) is 10.2 Å². The molecule has 1 rings (SSSR count). The molecule has 1 heterocycles. The van der Waals surface area contributed by atoms with Gasteiger partial charge in [-0.25, -0.2) is 0 Å². The fourth-order valence-electron chi connectivity index (χ4n) is 1.67. The number of carboxylic acids is 1. The van der Waals surface area contributed by atoms with Gasteiger partial charge in [0.1, 0.15) is 0 Å². The van der Waals surface area contributed by atoms with E-state index in [4.69, 9.17) is 5.11 Å². The van der Waals surface area contributed by atoms with Crippen LogP contribution in [0.2, 0.25) is 0 Å². The number of carbonyl (C=O) groups is 1. The van der Waals surface area contributed by atoms with Crippen LogP contribution < -0.4 is 5.32 Å². The van der Waals surface area contributed by atoms with Crippen LogP contribution in [-0.2, 0) is 4.79 Å². The highest BCUT2D eigenvalue weighted by Gasteiger charge is 2.26. The van der Waals surface area contributed by atoms with Gasteiger partial charge in [-0.3, -0.25) is 9.69 Å². The van der Waals surface area contributed by atoms with Crippen molar-refractivity contribution in [3.05, 3.63) is 0 Å². The lowest BCUT2D eigenvalue weighted by Gasteiger charge is -2.38. The van der Waals surface area contributed by atoms with Gasteiger partial charge in [-0.05, 0) is 13.0 Å². The predicted octanol–water partition coefficient (Wildman–Crippen LogP) is 0.391. The van der Waals surface area contributed by atoms with Crippen LogP contribution in [0.4, 0.5) is 0 Å². The first-order valence-electron chi connectivity index (χ1n) is 5.32. The number of aliphatic carboxylic acids is 1. The smallest absolute Gasteiger partial charge is 0.307 e. The normalized spacial score (nSPS) is 19.4. The number of rotatable bonds is 6. The topological polar surface area (TPSA) is 52.6 Å². The molecule has 0 amide bonds. The molecular formula is C10H20N2O2. The quantitative estimate of drug-likeness (QED) is 0.651. The summed E-state index contributed by atoms with van der Waals surface area (Å²) in [5, 5.41) is 12.0. The van der Waals surface area contributed by atoms with E-state index in [-0.39, 0.29) is 5.92 Å². The van der Waals surface area contributed by atoms with E-state index in [0.29, 0.717) is 12.6 Å². The van der Waals surface area contributed by atoms with Gasteiger partial charge in [-0.2, -0.15) is 0 Å². The van der Waals surface area contributed by atoms with E-state index in [1.165, 1.54) is 0 Å². The lowest BCUT2D eigenvalue weighted by atomic mass is 10.1. The van der Waals surface area contributed by atoms with Crippen LogP contribution in [0, 0.1) is 5.92 Å². The van der Waals surface area contributed by atoms with Crippen molar-refractivity contribution in [2.75, 3.05) is 26.2 Å². The summed E-state index contributed by atoms with van der Waals surface area (Å²) in [6, 6.07) is 0.553. The third-order valence-electron chi connectivity index (χ3n) is 2.72. The monoisotopic (exact) mass is 200 g/mol. The number of hydrogen-bond acceptors (Lipinski definition) is 3. The van der Waals surface area contributed by atoms with Crippen LogP contribution in [0.5, 0.6) is 0 Å². The first-order chi connectivity index (χ1) is 6.65. The second-order valence-corrected chi connectivity index (χ2v) is 4.05. The minimum atomic E-state index is -0.696. The molecule has 0 saturated carbocycles. The molecule has 82 valence electrons. The summed E-state index contributed by atoms with van der Waals surface area (Å²) in [4.78, 5) is 13.0. The first-order valence-corrected chi connectivity index (χ1v) is 5.32. The molecule has 14 heavy (non-hydrogen) atoms. The lowest BCUT2D eigenvalue weighted by Crippen LogP contribution is -2.58. The maximum Gasteiger partial charge on any atom is 0.307 e. The number of carboxylic acid groups (broad SMARTS) is 1. The Labute approximate surface area is 85.3 Å². The molecule has 0 bridgehead atoms. The minimum absolute atomic E-state index is 0.262. The highest BCUT2D eigenvalue weighted by atomic mass is 16.4. The molecule has 0 aromatic rings. The SMILES string of the molecule is CCCN(CC(C)C(=O)O)C1CNC1. The van der Waals surface area contributed by atoms with Crippen LogP contribution in [0.15, 0.2) is 0 Å². The Hall–Kier alpha value is -0.610. The van der Waals surface area contributed by atoms with Crippen molar-refractivity contribution in [1.29, 1.82) is 0 Å². The third-order valence-corrected chi connectivity index (χ3v) is 2.72. The fraction of sp³-hybridized carbons (Fsp3) is 0.900. The van der Waals surface area contributed by atoms with Crippen molar-refractivity contribution in [3.63, 3.8) is 0 Å². The van der Waals surface area contributed by atoms with Crippen molar-refractivity contribution in [3.8, 4) is 0 Å². The van der Waals surface area contributed by atoms with Gasteiger partial charge in [0.05, 0.1) is 5.92 Å². The molecule has 1 atom stereocenters. The summed E-state index contributed by atoms with van der Waals surface area (Å²) in [5.74, 6) is -0.958. The van der Waals surface area contributed by atoms with Gasteiger partial charge in [0.25, 0.3) is 0 Å². The zero-order valence-corrected chi connectivity index (χ0v) is 8.99. The van der Waals surface area contributed by atoms with Gasteiger partial charge >= 0.3 is 5.97 Å². The highest BCUT2D eigenvalue weighted by Crippen LogP contribution is 2.09. The van der Waals surface area contributed by atoms with E-state index in [1.54, 1.807) is 6.92 Å². The Morgan fingerprint density at radius 1 is 1.64 bits per heavy atom. The number of nitrogens with zero attached hydrogens (tertiary/aromatic N) is 1. The Balaban J connectivity index is 2.37. The maximum absolute atomic E-state index is 10.7. The summed E-state index contributed by atoms with van der Waals surface area (Å²) in [6.45, 7) is 7.60. The van der Waals surface area contributed by atoms with Crippen LogP contribution >= 0.6 is 0 Å². The second-order valence-electron chi connectivity index (χ2n) is 4.05. The van der Waals surface area contributed by atoms with E-state index >= 15 is 0 Å². The standard InChI is InChI=1S/C10H20N2O2/c1-3-4-12(9-5-11-6-9)7-8(2)10(13)14/h8-9,11H,3-7H2,1-2H3,(H,13,14). The molecule has 4 nitrogen and oxygen atoms in total. The van der Waals surface area contributed by atoms with E-state index < -0.39 is 5.97 Å². The molecule has 1 fully saturated rings. The van der Waals surface area contributed by atoms with Crippen molar-refractivity contribution >= 4 is 5.97 Å². The Morgan fingerprint density at radius 2 is 2.29 bits per heavy atom. The lowest BCUT2D eigenvalue weighted by molar-refractivity contribution is -0.142.